The van der Waals surface area contributed by atoms with E-state index in [9.17, 15) is 4.79 Å². The van der Waals surface area contributed by atoms with Crippen LogP contribution >= 0.6 is 0 Å². The lowest BCUT2D eigenvalue weighted by atomic mass is 10.00. The summed E-state index contributed by atoms with van der Waals surface area (Å²) in [6.07, 6.45) is -0.0220. The monoisotopic (exact) mass is 146 g/mol. The molecule has 0 aliphatic heterocycles. The van der Waals surface area contributed by atoms with Crippen LogP contribution in [-0.2, 0) is 4.79 Å². The highest BCUT2D eigenvalue weighted by Crippen LogP contribution is 2.09. The summed E-state index contributed by atoms with van der Waals surface area (Å²) in [4.78, 5) is 10.1. The maximum absolute atomic E-state index is 10.1. The average Bonchev–Trinajstić information content (AvgIpc) is 1.85. The van der Waals surface area contributed by atoms with Crippen molar-refractivity contribution in [2.24, 2.45) is 5.92 Å². The van der Waals surface area contributed by atoms with Crippen molar-refractivity contribution in [1.82, 2.24) is 0 Å². The Labute approximate surface area is 60.7 Å². The summed E-state index contributed by atoms with van der Waals surface area (Å²) < 4.78 is 0. The Morgan fingerprint density at radius 2 is 2.10 bits per heavy atom. The van der Waals surface area contributed by atoms with Gasteiger partial charge in [0.25, 0.3) is 0 Å². The van der Waals surface area contributed by atoms with E-state index in [0.29, 0.717) is 0 Å². The molecular weight excluding hydrogens is 132 g/mol. The van der Waals surface area contributed by atoms with Crippen LogP contribution in [0.25, 0.3) is 0 Å². The molecule has 0 heterocycles. The van der Waals surface area contributed by atoms with Crippen molar-refractivity contribution in [2.45, 2.75) is 32.8 Å². The fourth-order valence-corrected chi connectivity index (χ4v) is 0.652. The van der Waals surface area contributed by atoms with E-state index < -0.39 is 12.1 Å². The number of hydrogen-bond donors (Lipinski definition) is 2. The molecule has 2 atom stereocenters. The van der Waals surface area contributed by atoms with E-state index >= 15 is 0 Å². The lowest BCUT2D eigenvalue weighted by Crippen LogP contribution is -2.20. The summed E-state index contributed by atoms with van der Waals surface area (Å²) >= 11 is 0. The van der Waals surface area contributed by atoms with Gasteiger partial charge in [-0.3, -0.25) is 4.79 Å². The molecular formula is C7H14O3. The SMILES string of the molecule is CCC(C)[C@@H](O)CC(=O)O. The van der Waals surface area contributed by atoms with Crippen molar-refractivity contribution in [3.05, 3.63) is 0 Å². The van der Waals surface area contributed by atoms with Crippen molar-refractivity contribution in [3.63, 3.8) is 0 Å². The predicted molar refractivity (Wildman–Crippen MR) is 37.7 cm³/mol. The fourth-order valence-electron chi connectivity index (χ4n) is 0.652. The van der Waals surface area contributed by atoms with Crippen molar-refractivity contribution in [2.75, 3.05) is 0 Å². The van der Waals surface area contributed by atoms with E-state index in [-0.39, 0.29) is 12.3 Å². The highest BCUT2D eigenvalue weighted by Gasteiger charge is 2.14. The number of aliphatic carboxylic acids is 1. The quantitative estimate of drug-likeness (QED) is 0.618. The van der Waals surface area contributed by atoms with Crippen LogP contribution in [-0.4, -0.2) is 22.3 Å². The first kappa shape index (κ1) is 9.43. The molecule has 1 unspecified atom stereocenters. The van der Waals surface area contributed by atoms with Gasteiger partial charge in [-0.05, 0) is 5.92 Å². The molecule has 0 aromatic rings. The van der Waals surface area contributed by atoms with E-state index in [1.807, 2.05) is 13.8 Å². The number of carboxylic acids is 1. The molecule has 0 spiro atoms. The molecule has 0 aliphatic rings. The second kappa shape index (κ2) is 4.28. The molecule has 0 aromatic carbocycles. The summed E-state index contributed by atoms with van der Waals surface area (Å²) in [6, 6.07) is 0. The summed E-state index contributed by atoms with van der Waals surface area (Å²) in [5.74, 6) is -0.858. The van der Waals surface area contributed by atoms with E-state index in [0.717, 1.165) is 6.42 Å². The molecule has 0 fully saturated rings. The molecule has 0 saturated heterocycles. The van der Waals surface area contributed by atoms with Gasteiger partial charge in [-0.1, -0.05) is 20.3 Å². The minimum absolute atomic E-state index is 0.0797. The molecule has 0 radical (unpaired) electrons. The van der Waals surface area contributed by atoms with Crippen LogP contribution in [0.5, 0.6) is 0 Å². The van der Waals surface area contributed by atoms with E-state index in [4.69, 9.17) is 10.2 Å². The maximum atomic E-state index is 10.1. The van der Waals surface area contributed by atoms with Gasteiger partial charge in [-0.25, -0.2) is 0 Å². The third kappa shape index (κ3) is 3.45. The number of carboxylic acid groups (broad SMARTS) is 1. The van der Waals surface area contributed by atoms with Gasteiger partial charge in [0.1, 0.15) is 0 Å². The molecule has 0 aliphatic carbocycles. The summed E-state index contributed by atoms with van der Waals surface area (Å²) in [7, 11) is 0. The van der Waals surface area contributed by atoms with Crippen LogP contribution in [0.2, 0.25) is 0 Å². The van der Waals surface area contributed by atoms with Gasteiger partial charge in [0.05, 0.1) is 12.5 Å². The largest absolute Gasteiger partial charge is 0.481 e. The molecule has 0 bridgehead atoms. The Bertz CT molecular complexity index is 111. The van der Waals surface area contributed by atoms with Crippen LogP contribution in [0, 0.1) is 5.92 Å². The zero-order valence-corrected chi connectivity index (χ0v) is 6.37. The number of rotatable bonds is 4. The number of aliphatic hydroxyl groups is 1. The Hall–Kier alpha value is -0.570. The topological polar surface area (TPSA) is 57.5 Å². The Morgan fingerprint density at radius 3 is 2.40 bits per heavy atom. The molecule has 2 N–H and O–H groups in total. The maximum Gasteiger partial charge on any atom is 0.305 e. The Balaban J connectivity index is 3.61. The molecule has 3 heteroatoms. The first-order valence-electron chi connectivity index (χ1n) is 3.47. The Morgan fingerprint density at radius 1 is 1.60 bits per heavy atom. The zero-order valence-electron chi connectivity index (χ0n) is 6.37. The molecule has 0 rings (SSSR count). The van der Waals surface area contributed by atoms with Crippen LogP contribution in [0.15, 0.2) is 0 Å². The van der Waals surface area contributed by atoms with Gasteiger partial charge in [-0.2, -0.15) is 0 Å². The second-order valence-electron chi connectivity index (χ2n) is 2.55. The molecule has 60 valence electrons. The number of carbonyl (C=O) groups is 1. The highest BCUT2D eigenvalue weighted by molar-refractivity contribution is 5.67. The summed E-state index contributed by atoms with van der Waals surface area (Å²) in [5.41, 5.74) is 0. The minimum atomic E-state index is -0.937. The minimum Gasteiger partial charge on any atom is -0.481 e. The van der Waals surface area contributed by atoms with E-state index in [2.05, 4.69) is 0 Å². The lowest BCUT2D eigenvalue weighted by molar-refractivity contribution is -0.139. The summed E-state index contributed by atoms with van der Waals surface area (Å²) in [5, 5.41) is 17.4. The van der Waals surface area contributed by atoms with Crippen molar-refractivity contribution in [1.29, 1.82) is 0 Å². The highest BCUT2D eigenvalue weighted by atomic mass is 16.4. The van der Waals surface area contributed by atoms with Gasteiger partial charge in [0.15, 0.2) is 0 Å². The first-order chi connectivity index (χ1) is 4.57. The molecule has 0 saturated carbocycles. The van der Waals surface area contributed by atoms with Crippen LogP contribution in [0.1, 0.15) is 26.7 Å². The lowest BCUT2D eigenvalue weighted by Gasteiger charge is -2.13. The van der Waals surface area contributed by atoms with Gasteiger partial charge >= 0.3 is 5.97 Å². The normalized spacial score (nSPS) is 16.3. The second-order valence-corrected chi connectivity index (χ2v) is 2.55. The molecule has 0 aromatic heterocycles. The predicted octanol–water partition coefficient (Wildman–Crippen LogP) is 0.868. The van der Waals surface area contributed by atoms with Crippen molar-refractivity contribution >= 4 is 5.97 Å². The molecule has 3 nitrogen and oxygen atoms in total. The first-order valence-corrected chi connectivity index (χ1v) is 3.47. The number of hydrogen-bond acceptors (Lipinski definition) is 2. The summed E-state index contributed by atoms with van der Waals surface area (Å²) in [6.45, 7) is 3.77. The third-order valence-corrected chi connectivity index (χ3v) is 1.68. The smallest absolute Gasteiger partial charge is 0.305 e. The fraction of sp³-hybridized carbons (Fsp3) is 0.857. The zero-order chi connectivity index (χ0) is 8.15. The van der Waals surface area contributed by atoms with E-state index in [1.165, 1.54) is 0 Å². The third-order valence-electron chi connectivity index (χ3n) is 1.68. The van der Waals surface area contributed by atoms with Crippen LogP contribution < -0.4 is 0 Å². The van der Waals surface area contributed by atoms with Crippen LogP contribution in [0.4, 0.5) is 0 Å². The average molecular weight is 146 g/mol. The van der Waals surface area contributed by atoms with Gasteiger partial charge in [0, 0.05) is 0 Å². The van der Waals surface area contributed by atoms with E-state index in [1.54, 1.807) is 0 Å². The van der Waals surface area contributed by atoms with Gasteiger partial charge in [-0.15, -0.1) is 0 Å². The van der Waals surface area contributed by atoms with Gasteiger partial charge < -0.3 is 10.2 Å². The molecule has 0 amide bonds. The standard InChI is InChI=1S/C7H14O3/c1-3-5(2)6(8)4-7(9)10/h5-6,8H,3-4H2,1-2H3,(H,9,10)/t5?,6-/m0/s1. The van der Waals surface area contributed by atoms with Gasteiger partial charge in [0.2, 0.25) is 0 Å². The number of aliphatic hydroxyl groups excluding tert-OH is 1. The van der Waals surface area contributed by atoms with Crippen molar-refractivity contribution < 1.29 is 15.0 Å². The van der Waals surface area contributed by atoms with Crippen LogP contribution in [0.3, 0.4) is 0 Å². The Kier molecular flexibility index (Phi) is 4.03. The molecule has 10 heavy (non-hydrogen) atoms. The van der Waals surface area contributed by atoms with Crippen molar-refractivity contribution in [3.8, 4) is 0 Å².